The van der Waals surface area contributed by atoms with Gasteiger partial charge in [-0.05, 0) is 41.6 Å². The largest absolute Gasteiger partial charge is 0.434 e. The summed E-state index contributed by atoms with van der Waals surface area (Å²) in [5.74, 6) is -0.482. The summed E-state index contributed by atoms with van der Waals surface area (Å²) in [6.07, 6.45) is 0.505. The van der Waals surface area contributed by atoms with Gasteiger partial charge in [0.25, 0.3) is 0 Å². The number of halogens is 3. The van der Waals surface area contributed by atoms with Crippen molar-refractivity contribution in [3.8, 4) is 5.75 Å². The molecule has 0 amide bonds. The van der Waals surface area contributed by atoms with Crippen LogP contribution in [0.4, 0.5) is 8.78 Å². The number of benzene rings is 1. The Balaban J connectivity index is 3.27. The van der Waals surface area contributed by atoms with E-state index in [1.165, 1.54) is 13.0 Å². The Bertz CT molecular complexity index is 432. The molecule has 16 heavy (non-hydrogen) atoms. The van der Waals surface area contributed by atoms with Gasteiger partial charge in [-0.1, -0.05) is 0 Å². The third-order valence-corrected chi connectivity index (χ3v) is 2.67. The topological polar surface area (TPSA) is 43.4 Å². The molecule has 0 saturated carbocycles. The molecule has 86 valence electrons. The number of ether oxygens (including phenoxy) is 1. The Labute approximate surface area is 104 Å². The zero-order chi connectivity index (χ0) is 12.3. The molecule has 0 radical (unpaired) electrons. The molecular weight excluding hydrogens is 333 g/mol. The SMILES string of the molecule is CC(=O)c1cc(OC(F)F)c(I)cc1C=O. The lowest BCUT2D eigenvalue weighted by Gasteiger charge is -2.09. The molecule has 1 rings (SSSR count). The summed E-state index contributed by atoms with van der Waals surface area (Å²) < 4.78 is 28.6. The minimum Gasteiger partial charge on any atom is -0.434 e. The zero-order valence-electron chi connectivity index (χ0n) is 8.17. The van der Waals surface area contributed by atoms with Crippen molar-refractivity contribution >= 4 is 34.7 Å². The van der Waals surface area contributed by atoms with E-state index in [0.29, 0.717) is 9.86 Å². The summed E-state index contributed by atoms with van der Waals surface area (Å²) in [5, 5.41) is 0. The highest BCUT2D eigenvalue weighted by molar-refractivity contribution is 14.1. The maximum Gasteiger partial charge on any atom is 0.387 e. The molecule has 0 spiro atoms. The van der Waals surface area contributed by atoms with Crippen LogP contribution in [0.5, 0.6) is 5.75 Å². The van der Waals surface area contributed by atoms with Gasteiger partial charge < -0.3 is 4.74 Å². The van der Waals surface area contributed by atoms with Crippen LogP contribution in [-0.2, 0) is 0 Å². The van der Waals surface area contributed by atoms with Crippen LogP contribution in [0.2, 0.25) is 0 Å². The van der Waals surface area contributed by atoms with Crippen LogP contribution in [0.3, 0.4) is 0 Å². The predicted octanol–water partition coefficient (Wildman–Crippen LogP) is 2.91. The summed E-state index contributed by atoms with van der Waals surface area (Å²) in [6, 6.07) is 2.49. The molecule has 0 heterocycles. The Morgan fingerprint density at radius 2 is 2.12 bits per heavy atom. The second-order valence-corrected chi connectivity index (χ2v) is 4.08. The van der Waals surface area contributed by atoms with Crippen LogP contribution in [0.1, 0.15) is 27.6 Å². The van der Waals surface area contributed by atoms with E-state index in [1.807, 2.05) is 0 Å². The first-order valence-corrected chi connectivity index (χ1v) is 5.28. The van der Waals surface area contributed by atoms with E-state index in [4.69, 9.17) is 0 Å². The van der Waals surface area contributed by atoms with Gasteiger partial charge in [0.2, 0.25) is 0 Å². The first kappa shape index (κ1) is 13.0. The third-order valence-electron chi connectivity index (χ3n) is 1.83. The van der Waals surface area contributed by atoms with Gasteiger partial charge in [-0.25, -0.2) is 0 Å². The molecule has 0 aliphatic carbocycles. The van der Waals surface area contributed by atoms with Gasteiger partial charge in [0.05, 0.1) is 3.57 Å². The molecular formula is C10H7F2IO3. The normalized spacial score (nSPS) is 10.3. The Morgan fingerprint density at radius 3 is 2.56 bits per heavy atom. The monoisotopic (exact) mass is 340 g/mol. The van der Waals surface area contributed by atoms with Gasteiger partial charge in [-0.2, -0.15) is 8.78 Å². The molecule has 0 atom stereocenters. The van der Waals surface area contributed by atoms with Gasteiger partial charge >= 0.3 is 6.61 Å². The number of carbonyl (C=O) groups is 2. The number of rotatable bonds is 4. The average molecular weight is 340 g/mol. The van der Waals surface area contributed by atoms with Crippen LogP contribution in [0.15, 0.2) is 12.1 Å². The van der Waals surface area contributed by atoms with E-state index in [1.54, 1.807) is 22.6 Å². The summed E-state index contributed by atoms with van der Waals surface area (Å²) in [7, 11) is 0. The van der Waals surface area contributed by atoms with Crippen molar-refractivity contribution < 1.29 is 23.1 Å². The summed E-state index contributed by atoms with van der Waals surface area (Å²) in [5.41, 5.74) is 0.240. The fraction of sp³-hybridized carbons (Fsp3) is 0.200. The van der Waals surface area contributed by atoms with E-state index < -0.39 is 6.61 Å². The van der Waals surface area contributed by atoms with Gasteiger partial charge in [0, 0.05) is 11.1 Å². The highest BCUT2D eigenvalue weighted by Crippen LogP contribution is 2.26. The fourth-order valence-corrected chi connectivity index (χ4v) is 1.78. The van der Waals surface area contributed by atoms with Crippen molar-refractivity contribution in [3.05, 3.63) is 26.8 Å². The Morgan fingerprint density at radius 1 is 1.50 bits per heavy atom. The number of alkyl halides is 2. The number of hydrogen-bond acceptors (Lipinski definition) is 3. The predicted molar refractivity (Wildman–Crippen MR) is 61.2 cm³/mol. The number of Topliss-reactive ketones (excluding diaryl/α,β-unsaturated/α-hetero) is 1. The van der Waals surface area contributed by atoms with E-state index in [-0.39, 0.29) is 22.7 Å². The zero-order valence-corrected chi connectivity index (χ0v) is 10.3. The highest BCUT2D eigenvalue weighted by Gasteiger charge is 2.14. The molecule has 6 heteroatoms. The van der Waals surface area contributed by atoms with Crippen molar-refractivity contribution in [2.75, 3.05) is 0 Å². The molecule has 1 aromatic carbocycles. The van der Waals surface area contributed by atoms with Gasteiger partial charge in [0.1, 0.15) is 5.75 Å². The molecule has 0 saturated heterocycles. The van der Waals surface area contributed by atoms with Crippen molar-refractivity contribution in [2.24, 2.45) is 0 Å². The van der Waals surface area contributed by atoms with E-state index >= 15 is 0 Å². The van der Waals surface area contributed by atoms with Crippen LogP contribution < -0.4 is 4.74 Å². The van der Waals surface area contributed by atoms with Crippen LogP contribution in [0.25, 0.3) is 0 Å². The Kier molecular flexibility index (Phi) is 4.34. The van der Waals surface area contributed by atoms with Crippen molar-refractivity contribution in [1.82, 2.24) is 0 Å². The Hall–Kier alpha value is -1.05. The van der Waals surface area contributed by atoms with E-state index in [0.717, 1.165) is 6.07 Å². The first-order valence-electron chi connectivity index (χ1n) is 4.20. The highest BCUT2D eigenvalue weighted by atomic mass is 127. The minimum absolute atomic E-state index is 0.0751. The maximum absolute atomic E-state index is 12.0. The molecule has 0 unspecified atom stereocenters. The average Bonchev–Trinajstić information content (AvgIpc) is 2.19. The van der Waals surface area contributed by atoms with Crippen molar-refractivity contribution in [1.29, 1.82) is 0 Å². The molecule has 0 fully saturated rings. The molecule has 0 aliphatic heterocycles. The molecule has 1 aromatic rings. The smallest absolute Gasteiger partial charge is 0.387 e. The van der Waals surface area contributed by atoms with Crippen molar-refractivity contribution in [3.63, 3.8) is 0 Å². The summed E-state index contributed by atoms with van der Waals surface area (Å²) in [6.45, 7) is -1.71. The number of carbonyl (C=O) groups excluding carboxylic acids is 2. The summed E-state index contributed by atoms with van der Waals surface area (Å²) >= 11 is 1.75. The maximum atomic E-state index is 12.0. The third kappa shape index (κ3) is 2.97. The van der Waals surface area contributed by atoms with Gasteiger partial charge in [-0.15, -0.1) is 0 Å². The lowest BCUT2D eigenvalue weighted by molar-refractivity contribution is -0.0504. The second-order valence-electron chi connectivity index (χ2n) is 2.92. The van der Waals surface area contributed by atoms with Crippen LogP contribution >= 0.6 is 22.6 Å². The number of ketones is 1. The number of hydrogen-bond donors (Lipinski definition) is 0. The van der Waals surface area contributed by atoms with Crippen LogP contribution in [-0.4, -0.2) is 18.7 Å². The second kappa shape index (κ2) is 5.33. The van der Waals surface area contributed by atoms with E-state index in [2.05, 4.69) is 4.74 Å². The van der Waals surface area contributed by atoms with Crippen molar-refractivity contribution in [2.45, 2.75) is 13.5 Å². The standard InChI is InChI=1S/C10H7F2IO3/c1-5(15)7-3-9(16-10(11)12)8(13)2-6(7)4-14/h2-4,10H,1H3. The molecule has 0 aliphatic rings. The van der Waals surface area contributed by atoms with Crippen LogP contribution in [0, 0.1) is 3.57 Å². The lowest BCUT2D eigenvalue weighted by atomic mass is 10.1. The van der Waals surface area contributed by atoms with Gasteiger partial charge in [0.15, 0.2) is 12.1 Å². The van der Waals surface area contributed by atoms with Gasteiger partial charge in [-0.3, -0.25) is 9.59 Å². The van der Waals surface area contributed by atoms with E-state index in [9.17, 15) is 18.4 Å². The fourth-order valence-electron chi connectivity index (χ4n) is 1.16. The molecule has 0 aromatic heterocycles. The summed E-state index contributed by atoms with van der Waals surface area (Å²) in [4.78, 5) is 21.8. The molecule has 3 nitrogen and oxygen atoms in total. The number of aldehydes is 1. The minimum atomic E-state index is -2.96. The lowest BCUT2D eigenvalue weighted by Crippen LogP contribution is -2.07. The quantitative estimate of drug-likeness (QED) is 0.481. The molecule has 0 N–H and O–H groups in total. The first-order chi connectivity index (χ1) is 7.45. The molecule has 0 bridgehead atoms.